The lowest BCUT2D eigenvalue weighted by molar-refractivity contribution is -0.160. The number of allylic oxidation sites excluding steroid dienone is 4. The number of aliphatic hydroxyl groups excluding tert-OH is 2. The Morgan fingerprint density at radius 2 is 1.94 bits per heavy atom. The molecule has 0 saturated heterocycles. The van der Waals surface area contributed by atoms with Crippen LogP contribution in [0.2, 0.25) is 0 Å². The molecule has 3 saturated carbocycles. The number of alkyl halides is 1. The summed E-state index contributed by atoms with van der Waals surface area (Å²) in [5.41, 5.74) is -1.45. The number of carbonyl (C=O) groups excluding carboxylic acids is 2. The number of carboxylic acid groups (broad SMARTS) is 1. The van der Waals surface area contributed by atoms with Crippen molar-refractivity contribution < 1.29 is 29.7 Å². The highest BCUT2D eigenvalue weighted by Gasteiger charge is 2.74. The average Bonchev–Trinajstić information content (AvgIpc) is 2.94. The number of Topliss-reactive ketones (excluding diaryl/α,β-unsaturated/α-hetero) is 1. The lowest BCUT2D eigenvalue weighted by Crippen LogP contribution is -2.67. The normalized spacial score (nSPS) is 47.3. The second kappa shape index (κ2) is 7.51. The smallest absolute Gasteiger partial charge is 0.303 e. The first-order valence-corrected chi connectivity index (χ1v) is 11.9. The highest BCUT2D eigenvalue weighted by atomic mass is 35.5. The minimum absolute atomic E-state index is 0.00732. The molecule has 0 heterocycles. The van der Waals surface area contributed by atoms with Crippen LogP contribution >= 0.6 is 11.6 Å². The Kier molecular flexibility index (Phi) is 5.55. The number of ketones is 2. The van der Waals surface area contributed by atoms with Crippen LogP contribution in [-0.4, -0.2) is 50.4 Å². The summed E-state index contributed by atoms with van der Waals surface area (Å²) in [6.45, 7) is 5.30. The van der Waals surface area contributed by atoms with E-state index in [1.165, 1.54) is 6.08 Å². The number of aliphatic carboxylic acids is 1. The third-order valence-electron chi connectivity index (χ3n) is 9.87. The monoisotopic (exact) mass is 464 g/mol. The van der Waals surface area contributed by atoms with Crippen LogP contribution in [0.25, 0.3) is 0 Å². The molecule has 4 rings (SSSR count). The number of carbonyl (C=O) groups is 3. The van der Waals surface area contributed by atoms with Gasteiger partial charge in [0.05, 0.1) is 11.0 Å². The standard InChI is InChI=1S/C25H33ClO6/c1-14-10-18-17-5-4-15-11-16(28)6-8-22(15,2)25(17,26)19(29)12-23(18,3)24(14,20(30)13-27)9-7-21(31)32/h6,8,11,14,17-19,27,29H,4-5,7,9-10,12-13H2,1-3H3,(H,31,32). The molecule has 0 radical (unpaired) electrons. The van der Waals surface area contributed by atoms with Crippen molar-refractivity contribution in [3.63, 3.8) is 0 Å². The van der Waals surface area contributed by atoms with E-state index in [-0.39, 0.29) is 48.6 Å². The summed E-state index contributed by atoms with van der Waals surface area (Å²) < 4.78 is 0. The number of rotatable bonds is 5. The topological polar surface area (TPSA) is 112 Å². The van der Waals surface area contributed by atoms with E-state index in [1.807, 2.05) is 26.8 Å². The Labute approximate surface area is 193 Å². The van der Waals surface area contributed by atoms with Gasteiger partial charge >= 0.3 is 5.97 Å². The molecule has 0 spiro atoms. The van der Waals surface area contributed by atoms with Crippen LogP contribution in [0.5, 0.6) is 0 Å². The molecule has 3 N–H and O–H groups in total. The molecule has 7 heteroatoms. The second-order valence-electron chi connectivity index (χ2n) is 10.8. The molecule has 0 bridgehead atoms. The SMILES string of the molecule is CC1CC2C3CCC4=CC(=O)C=CC4(C)C3(Cl)C(O)CC2(C)C1(CCC(=O)O)C(=O)CO. The number of hydrogen-bond donors (Lipinski definition) is 3. The van der Waals surface area contributed by atoms with Crippen molar-refractivity contribution in [2.75, 3.05) is 6.61 Å². The maximum atomic E-state index is 13.3. The van der Waals surface area contributed by atoms with Gasteiger partial charge in [0, 0.05) is 17.3 Å². The Morgan fingerprint density at radius 3 is 2.56 bits per heavy atom. The zero-order valence-electron chi connectivity index (χ0n) is 18.9. The van der Waals surface area contributed by atoms with E-state index in [9.17, 15) is 29.7 Å². The molecular weight excluding hydrogens is 432 g/mol. The lowest BCUT2D eigenvalue weighted by atomic mass is 9.43. The minimum Gasteiger partial charge on any atom is -0.481 e. The van der Waals surface area contributed by atoms with Gasteiger partial charge in [0.15, 0.2) is 11.6 Å². The van der Waals surface area contributed by atoms with Crippen molar-refractivity contribution in [3.8, 4) is 0 Å². The van der Waals surface area contributed by atoms with Gasteiger partial charge < -0.3 is 15.3 Å². The van der Waals surface area contributed by atoms with Crippen molar-refractivity contribution in [3.05, 3.63) is 23.8 Å². The molecule has 0 aromatic rings. The summed E-state index contributed by atoms with van der Waals surface area (Å²) in [6, 6.07) is 0. The highest BCUT2D eigenvalue weighted by Crippen LogP contribution is 2.74. The number of fused-ring (bicyclic) bond motifs is 5. The zero-order chi connectivity index (χ0) is 23.7. The van der Waals surface area contributed by atoms with Gasteiger partial charge in [-0.3, -0.25) is 14.4 Å². The van der Waals surface area contributed by atoms with Gasteiger partial charge in [0.2, 0.25) is 0 Å². The van der Waals surface area contributed by atoms with Gasteiger partial charge in [0.25, 0.3) is 0 Å². The molecule has 0 amide bonds. The molecule has 4 aliphatic rings. The first-order chi connectivity index (χ1) is 14.9. The Balaban J connectivity index is 1.83. The molecule has 3 fully saturated rings. The second-order valence-corrected chi connectivity index (χ2v) is 11.5. The van der Waals surface area contributed by atoms with Gasteiger partial charge in [-0.05, 0) is 67.4 Å². The Hall–Kier alpha value is -1.50. The van der Waals surface area contributed by atoms with Crippen LogP contribution in [0, 0.1) is 34.0 Å². The fourth-order valence-corrected chi connectivity index (χ4v) is 8.89. The summed E-state index contributed by atoms with van der Waals surface area (Å²) in [5, 5.41) is 30.9. The molecule has 0 aromatic heterocycles. The average molecular weight is 465 g/mol. The number of carboxylic acids is 1. The van der Waals surface area contributed by atoms with E-state index in [1.54, 1.807) is 6.08 Å². The molecule has 6 nitrogen and oxygen atoms in total. The zero-order valence-corrected chi connectivity index (χ0v) is 19.7. The van der Waals surface area contributed by atoms with Gasteiger partial charge in [-0.2, -0.15) is 0 Å². The van der Waals surface area contributed by atoms with Crippen LogP contribution in [0.4, 0.5) is 0 Å². The molecule has 8 unspecified atom stereocenters. The van der Waals surface area contributed by atoms with Crippen LogP contribution in [0.3, 0.4) is 0 Å². The van der Waals surface area contributed by atoms with Crippen LogP contribution in [-0.2, 0) is 14.4 Å². The molecule has 0 aliphatic heterocycles. The lowest BCUT2D eigenvalue weighted by Gasteiger charge is -2.64. The molecule has 176 valence electrons. The Morgan fingerprint density at radius 1 is 1.25 bits per heavy atom. The van der Waals surface area contributed by atoms with E-state index in [0.717, 1.165) is 5.57 Å². The van der Waals surface area contributed by atoms with Gasteiger partial charge in [-0.15, -0.1) is 11.6 Å². The van der Waals surface area contributed by atoms with Gasteiger partial charge in [-0.25, -0.2) is 0 Å². The summed E-state index contributed by atoms with van der Waals surface area (Å²) in [7, 11) is 0. The summed E-state index contributed by atoms with van der Waals surface area (Å²) in [4.78, 5) is 35.7. The number of hydrogen-bond acceptors (Lipinski definition) is 5. The molecule has 4 aliphatic carbocycles. The third-order valence-corrected chi connectivity index (χ3v) is 10.8. The van der Waals surface area contributed by atoms with Crippen molar-refractivity contribution in [2.24, 2.45) is 34.0 Å². The van der Waals surface area contributed by atoms with Crippen LogP contribution in [0.1, 0.15) is 59.3 Å². The van der Waals surface area contributed by atoms with E-state index in [0.29, 0.717) is 19.3 Å². The molecular formula is C25H33ClO6. The van der Waals surface area contributed by atoms with E-state index in [2.05, 4.69) is 0 Å². The van der Waals surface area contributed by atoms with Crippen molar-refractivity contribution in [1.29, 1.82) is 0 Å². The minimum atomic E-state index is -1.03. The fourth-order valence-electron chi connectivity index (χ4n) is 8.36. The molecule has 0 aromatic carbocycles. The molecule has 32 heavy (non-hydrogen) atoms. The quantitative estimate of drug-likeness (QED) is 0.538. The maximum absolute atomic E-state index is 13.3. The highest BCUT2D eigenvalue weighted by molar-refractivity contribution is 6.26. The Bertz CT molecular complexity index is 925. The predicted octanol–water partition coefficient (Wildman–Crippen LogP) is 3.29. The third kappa shape index (κ3) is 2.75. The first kappa shape index (κ1) is 23.7. The van der Waals surface area contributed by atoms with Crippen molar-refractivity contribution >= 4 is 29.1 Å². The maximum Gasteiger partial charge on any atom is 0.303 e. The van der Waals surface area contributed by atoms with E-state index >= 15 is 0 Å². The van der Waals surface area contributed by atoms with Crippen LogP contribution in [0.15, 0.2) is 23.8 Å². The number of halogens is 1. The van der Waals surface area contributed by atoms with E-state index in [4.69, 9.17) is 11.6 Å². The van der Waals surface area contributed by atoms with Gasteiger partial charge in [0.1, 0.15) is 6.61 Å². The molecule has 8 atom stereocenters. The summed E-state index contributed by atoms with van der Waals surface area (Å²) in [6.07, 6.45) is 6.34. The van der Waals surface area contributed by atoms with E-state index < -0.39 is 39.8 Å². The summed E-state index contributed by atoms with van der Waals surface area (Å²) >= 11 is 7.42. The van der Waals surface area contributed by atoms with Crippen molar-refractivity contribution in [2.45, 2.75) is 70.3 Å². The van der Waals surface area contributed by atoms with Gasteiger partial charge in [-0.1, -0.05) is 32.4 Å². The fraction of sp³-hybridized carbons (Fsp3) is 0.720. The summed E-state index contributed by atoms with van der Waals surface area (Å²) in [5.74, 6) is -1.64. The predicted molar refractivity (Wildman–Crippen MR) is 119 cm³/mol. The van der Waals surface area contributed by atoms with Crippen LogP contribution < -0.4 is 0 Å². The number of aliphatic hydroxyl groups is 2. The first-order valence-electron chi connectivity index (χ1n) is 11.6. The largest absolute Gasteiger partial charge is 0.481 e. The van der Waals surface area contributed by atoms with Crippen molar-refractivity contribution in [1.82, 2.24) is 0 Å².